The number of halogens is 1. The molecule has 146 valence electrons. The first-order valence-electron chi connectivity index (χ1n) is 8.87. The molecule has 0 aliphatic heterocycles. The number of benzene rings is 1. The predicted octanol–water partition coefficient (Wildman–Crippen LogP) is 2.10. The zero-order chi connectivity index (χ0) is 18.4. The highest BCUT2D eigenvalue weighted by atomic mass is 35.5. The summed E-state index contributed by atoms with van der Waals surface area (Å²) in [5.74, 6) is 0.332. The van der Waals surface area contributed by atoms with Crippen LogP contribution in [0.25, 0.3) is 0 Å². The van der Waals surface area contributed by atoms with Crippen molar-refractivity contribution in [2.75, 3.05) is 13.7 Å². The lowest BCUT2D eigenvalue weighted by molar-refractivity contribution is -0.128. The van der Waals surface area contributed by atoms with Crippen molar-refractivity contribution in [3.8, 4) is 5.75 Å². The van der Waals surface area contributed by atoms with Crippen LogP contribution < -0.4 is 21.1 Å². The minimum atomic E-state index is -0.602. The smallest absolute Gasteiger partial charge is 0.240 e. The minimum absolute atomic E-state index is 0. The summed E-state index contributed by atoms with van der Waals surface area (Å²) in [6.45, 7) is 3.69. The second-order valence-corrected chi connectivity index (χ2v) is 7.05. The molecule has 2 rings (SSSR count). The van der Waals surface area contributed by atoms with Gasteiger partial charge in [0.2, 0.25) is 11.8 Å². The van der Waals surface area contributed by atoms with Gasteiger partial charge in [-0.25, -0.2) is 0 Å². The van der Waals surface area contributed by atoms with Gasteiger partial charge in [0.15, 0.2) is 0 Å². The summed E-state index contributed by atoms with van der Waals surface area (Å²) in [7, 11) is 1.63. The van der Waals surface area contributed by atoms with Gasteiger partial charge in [-0.05, 0) is 36.5 Å². The van der Waals surface area contributed by atoms with E-state index < -0.39 is 6.04 Å². The van der Waals surface area contributed by atoms with Crippen molar-refractivity contribution in [3.05, 3.63) is 29.8 Å². The van der Waals surface area contributed by atoms with Gasteiger partial charge in [0, 0.05) is 0 Å². The van der Waals surface area contributed by atoms with Gasteiger partial charge in [0.25, 0.3) is 0 Å². The summed E-state index contributed by atoms with van der Waals surface area (Å²) in [6, 6.07) is 7.21. The molecule has 0 aromatic heterocycles. The van der Waals surface area contributed by atoms with Gasteiger partial charge in [-0.3, -0.25) is 9.59 Å². The first kappa shape index (κ1) is 22.3. The zero-order valence-corrected chi connectivity index (χ0v) is 16.5. The summed E-state index contributed by atoms with van der Waals surface area (Å²) in [5, 5.41) is 5.76. The molecule has 0 spiro atoms. The first-order chi connectivity index (χ1) is 11.9. The SMILES string of the molecule is COc1ccc(C2(NC(=O)CNC(=O)[C@@H](N)C(C)C)CCCC2)cc1.Cl. The summed E-state index contributed by atoms with van der Waals surface area (Å²) in [4.78, 5) is 24.3. The molecule has 1 aromatic carbocycles. The van der Waals surface area contributed by atoms with Crippen LogP contribution in [0.15, 0.2) is 24.3 Å². The molecule has 1 saturated carbocycles. The van der Waals surface area contributed by atoms with Gasteiger partial charge >= 0.3 is 0 Å². The van der Waals surface area contributed by atoms with Gasteiger partial charge < -0.3 is 21.1 Å². The third kappa shape index (κ3) is 5.35. The number of hydrogen-bond donors (Lipinski definition) is 3. The summed E-state index contributed by atoms with van der Waals surface area (Å²) in [5.41, 5.74) is 6.51. The fourth-order valence-corrected chi connectivity index (χ4v) is 3.27. The van der Waals surface area contributed by atoms with E-state index in [1.54, 1.807) is 7.11 Å². The van der Waals surface area contributed by atoms with Crippen LogP contribution in [0.4, 0.5) is 0 Å². The van der Waals surface area contributed by atoms with Crippen molar-refractivity contribution >= 4 is 24.2 Å². The van der Waals surface area contributed by atoms with Gasteiger partial charge in [0.1, 0.15) is 5.75 Å². The number of nitrogens with one attached hydrogen (secondary N) is 2. The van der Waals surface area contributed by atoms with Crippen molar-refractivity contribution in [1.82, 2.24) is 10.6 Å². The molecule has 0 unspecified atom stereocenters. The Kier molecular flexibility index (Phi) is 8.37. The van der Waals surface area contributed by atoms with Gasteiger partial charge in [0.05, 0.1) is 25.2 Å². The van der Waals surface area contributed by atoms with Crippen molar-refractivity contribution in [1.29, 1.82) is 0 Å². The molecular formula is C19H30ClN3O3. The van der Waals surface area contributed by atoms with Gasteiger partial charge in [-0.1, -0.05) is 38.8 Å². The normalized spacial score (nSPS) is 16.5. The number of nitrogens with two attached hydrogens (primary N) is 1. The molecular weight excluding hydrogens is 354 g/mol. The highest BCUT2D eigenvalue weighted by Gasteiger charge is 2.37. The Bertz CT molecular complexity index is 599. The average molecular weight is 384 g/mol. The second kappa shape index (κ2) is 9.78. The van der Waals surface area contributed by atoms with Crippen LogP contribution in [-0.2, 0) is 15.1 Å². The topological polar surface area (TPSA) is 93.5 Å². The number of methoxy groups -OCH3 is 1. The number of ether oxygens (including phenoxy) is 1. The molecule has 0 heterocycles. The Morgan fingerprint density at radius 1 is 1.19 bits per heavy atom. The lowest BCUT2D eigenvalue weighted by Crippen LogP contribution is -2.51. The molecule has 0 radical (unpaired) electrons. The molecule has 2 amide bonds. The fourth-order valence-electron chi connectivity index (χ4n) is 3.27. The van der Waals surface area contributed by atoms with E-state index >= 15 is 0 Å². The first-order valence-corrected chi connectivity index (χ1v) is 8.87. The number of hydrogen-bond acceptors (Lipinski definition) is 4. The van der Waals surface area contributed by atoms with Crippen LogP contribution in [0.5, 0.6) is 5.75 Å². The van der Waals surface area contributed by atoms with E-state index in [0.29, 0.717) is 0 Å². The molecule has 6 nitrogen and oxygen atoms in total. The van der Waals surface area contributed by atoms with Crippen LogP contribution in [-0.4, -0.2) is 31.5 Å². The van der Waals surface area contributed by atoms with Gasteiger partial charge in [-0.2, -0.15) is 0 Å². The van der Waals surface area contributed by atoms with Crippen LogP contribution >= 0.6 is 12.4 Å². The lowest BCUT2D eigenvalue weighted by Gasteiger charge is -2.31. The highest BCUT2D eigenvalue weighted by Crippen LogP contribution is 2.39. The predicted molar refractivity (Wildman–Crippen MR) is 104 cm³/mol. The number of carbonyl (C=O) groups excluding carboxylic acids is 2. The monoisotopic (exact) mass is 383 g/mol. The molecule has 26 heavy (non-hydrogen) atoms. The zero-order valence-electron chi connectivity index (χ0n) is 15.7. The molecule has 1 aromatic rings. The van der Waals surface area contributed by atoms with E-state index in [0.717, 1.165) is 37.0 Å². The van der Waals surface area contributed by atoms with Crippen LogP contribution in [0.2, 0.25) is 0 Å². The Hall–Kier alpha value is -1.79. The van der Waals surface area contributed by atoms with Crippen LogP contribution in [0.3, 0.4) is 0 Å². The summed E-state index contributed by atoms with van der Waals surface area (Å²) in [6.07, 6.45) is 3.92. The highest BCUT2D eigenvalue weighted by molar-refractivity contribution is 5.87. The Morgan fingerprint density at radius 3 is 2.27 bits per heavy atom. The minimum Gasteiger partial charge on any atom is -0.497 e. The van der Waals surface area contributed by atoms with Crippen molar-refractivity contribution in [2.24, 2.45) is 11.7 Å². The number of carbonyl (C=O) groups is 2. The van der Waals surface area contributed by atoms with Crippen molar-refractivity contribution < 1.29 is 14.3 Å². The summed E-state index contributed by atoms with van der Waals surface area (Å²) < 4.78 is 5.21. The maximum absolute atomic E-state index is 12.4. The van der Waals surface area contributed by atoms with Crippen molar-refractivity contribution in [3.63, 3.8) is 0 Å². The maximum atomic E-state index is 12.4. The quantitative estimate of drug-likeness (QED) is 0.672. The Morgan fingerprint density at radius 2 is 1.77 bits per heavy atom. The van der Waals surface area contributed by atoms with Crippen LogP contribution in [0.1, 0.15) is 45.1 Å². The molecule has 1 aliphatic rings. The van der Waals surface area contributed by atoms with E-state index in [2.05, 4.69) is 10.6 Å². The molecule has 4 N–H and O–H groups in total. The molecule has 0 saturated heterocycles. The molecule has 1 fully saturated rings. The molecule has 1 aliphatic carbocycles. The standard InChI is InChI=1S/C19H29N3O3.ClH/c1-13(2)17(20)18(24)21-12-16(23)22-19(10-4-5-11-19)14-6-8-15(25-3)9-7-14;/h6-9,13,17H,4-5,10-12,20H2,1-3H3,(H,21,24)(H,22,23);1H/t17-;/m0./s1. The number of rotatable bonds is 7. The third-order valence-electron chi connectivity index (χ3n) is 4.92. The third-order valence-corrected chi connectivity index (χ3v) is 4.92. The molecule has 7 heteroatoms. The number of amides is 2. The molecule has 0 bridgehead atoms. The van der Waals surface area contributed by atoms with E-state index in [4.69, 9.17) is 10.5 Å². The largest absolute Gasteiger partial charge is 0.497 e. The lowest BCUT2D eigenvalue weighted by atomic mass is 9.88. The van der Waals surface area contributed by atoms with E-state index in [9.17, 15) is 9.59 Å². The Labute approximate surface area is 161 Å². The Balaban J connectivity index is 0.00000338. The summed E-state index contributed by atoms with van der Waals surface area (Å²) >= 11 is 0. The second-order valence-electron chi connectivity index (χ2n) is 7.05. The average Bonchev–Trinajstić information content (AvgIpc) is 3.08. The van der Waals surface area contributed by atoms with E-state index in [-0.39, 0.29) is 42.2 Å². The maximum Gasteiger partial charge on any atom is 0.240 e. The van der Waals surface area contributed by atoms with E-state index in [1.165, 1.54) is 0 Å². The van der Waals surface area contributed by atoms with E-state index in [1.807, 2.05) is 38.1 Å². The van der Waals surface area contributed by atoms with Gasteiger partial charge in [-0.15, -0.1) is 12.4 Å². The van der Waals surface area contributed by atoms with Crippen LogP contribution in [0, 0.1) is 5.92 Å². The fraction of sp³-hybridized carbons (Fsp3) is 0.579. The van der Waals surface area contributed by atoms with Crippen molar-refractivity contribution in [2.45, 2.75) is 51.1 Å². The molecule has 1 atom stereocenters.